The van der Waals surface area contributed by atoms with Gasteiger partial charge in [-0.1, -0.05) is 46.1 Å². The summed E-state index contributed by atoms with van der Waals surface area (Å²) < 4.78 is 1.19. The molecule has 0 aromatic heterocycles. The Morgan fingerprint density at radius 3 is 2.78 bits per heavy atom. The van der Waals surface area contributed by atoms with E-state index in [0.29, 0.717) is 6.04 Å². The first-order valence-electron chi connectivity index (χ1n) is 6.84. The third-order valence-electron chi connectivity index (χ3n) is 3.75. The topological polar surface area (TPSA) is 12.0 Å². The Labute approximate surface area is 119 Å². The molecule has 0 bridgehead atoms. The van der Waals surface area contributed by atoms with Crippen LogP contribution >= 0.6 is 15.9 Å². The Kier molecular flexibility index (Phi) is 5.02. The molecule has 1 aliphatic carbocycles. The minimum absolute atomic E-state index is 0.384. The first-order valence-corrected chi connectivity index (χ1v) is 7.64. The van der Waals surface area contributed by atoms with E-state index in [1.807, 2.05) is 0 Å². The van der Waals surface area contributed by atoms with E-state index < -0.39 is 0 Å². The molecule has 0 spiro atoms. The summed E-state index contributed by atoms with van der Waals surface area (Å²) in [6.07, 6.45) is 8.98. The molecule has 0 saturated carbocycles. The molecule has 0 amide bonds. The SMILES string of the molecule is CNC(C1=CCCCCC1)c1ccc(Br)c(C)c1. The van der Waals surface area contributed by atoms with Gasteiger partial charge in [0.1, 0.15) is 0 Å². The van der Waals surface area contributed by atoms with Crippen LogP contribution in [0.3, 0.4) is 0 Å². The van der Waals surface area contributed by atoms with Crippen molar-refractivity contribution in [1.82, 2.24) is 5.32 Å². The predicted octanol–water partition coefficient (Wildman–Crippen LogP) is 4.91. The first-order chi connectivity index (χ1) is 8.72. The van der Waals surface area contributed by atoms with E-state index in [-0.39, 0.29) is 0 Å². The standard InChI is InChI=1S/C16H22BrN/c1-12-11-14(9-10-15(12)17)16(18-2)13-7-5-3-4-6-8-13/h7,9-11,16,18H,3-6,8H2,1-2H3. The summed E-state index contributed by atoms with van der Waals surface area (Å²) in [5.41, 5.74) is 4.25. The van der Waals surface area contributed by atoms with Crippen molar-refractivity contribution in [2.45, 2.75) is 45.1 Å². The summed E-state index contributed by atoms with van der Waals surface area (Å²) in [7, 11) is 2.06. The number of nitrogens with one attached hydrogen (secondary N) is 1. The highest BCUT2D eigenvalue weighted by atomic mass is 79.9. The van der Waals surface area contributed by atoms with Gasteiger partial charge in [-0.15, -0.1) is 0 Å². The second kappa shape index (κ2) is 6.53. The minimum atomic E-state index is 0.384. The molecule has 1 aliphatic rings. The summed E-state index contributed by atoms with van der Waals surface area (Å²) >= 11 is 3.57. The zero-order valence-corrected chi connectivity index (χ0v) is 12.9. The van der Waals surface area contributed by atoms with Gasteiger partial charge in [-0.05, 0) is 56.8 Å². The van der Waals surface area contributed by atoms with Crippen LogP contribution in [0.25, 0.3) is 0 Å². The molecule has 0 aliphatic heterocycles. The van der Waals surface area contributed by atoms with Gasteiger partial charge in [0.05, 0.1) is 6.04 Å². The van der Waals surface area contributed by atoms with E-state index in [2.05, 4.69) is 59.5 Å². The van der Waals surface area contributed by atoms with E-state index in [0.717, 1.165) is 0 Å². The lowest BCUT2D eigenvalue weighted by Crippen LogP contribution is -2.18. The van der Waals surface area contributed by atoms with Gasteiger partial charge in [-0.2, -0.15) is 0 Å². The summed E-state index contributed by atoms with van der Waals surface area (Å²) in [5, 5.41) is 3.48. The first kappa shape index (κ1) is 13.8. The smallest absolute Gasteiger partial charge is 0.0533 e. The molecule has 2 heteroatoms. The van der Waals surface area contributed by atoms with Crippen molar-refractivity contribution in [3.05, 3.63) is 45.4 Å². The van der Waals surface area contributed by atoms with E-state index in [1.54, 1.807) is 5.57 Å². The second-order valence-electron chi connectivity index (χ2n) is 5.11. The Hall–Kier alpha value is -0.600. The van der Waals surface area contributed by atoms with Crippen molar-refractivity contribution in [2.75, 3.05) is 7.05 Å². The van der Waals surface area contributed by atoms with E-state index in [4.69, 9.17) is 0 Å². The van der Waals surface area contributed by atoms with Crippen molar-refractivity contribution in [3.63, 3.8) is 0 Å². The Morgan fingerprint density at radius 2 is 2.06 bits per heavy atom. The zero-order chi connectivity index (χ0) is 13.0. The van der Waals surface area contributed by atoms with Gasteiger partial charge in [-0.25, -0.2) is 0 Å². The number of benzene rings is 1. The van der Waals surface area contributed by atoms with Crippen molar-refractivity contribution < 1.29 is 0 Å². The molecule has 0 saturated heterocycles. The highest BCUT2D eigenvalue weighted by Gasteiger charge is 2.16. The van der Waals surface area contributed by atoms with Crippen molar-refractivity contribution in [2.24, 2.45) is 0 Å². The highest BCUT2D eigenvalue weighted by molar-refractivity contribution is 9.10. The number of likely N-dealkylation sites (N-methyl/N-ethyl adjacent to an activating group) is 1. The van der Waals surface area contributed by atoms with Gasteiger partial charge in [0, 0.05) is 4.47 Å². The lowest BCUT2D eigenvalue weighted by atomic mass is 9.94. The predicted molar refractivity (Wildman–Crippen MR) is 81.8 cm³/mol. The molecule has 0 heterocycles. The van der Waals surface area contributed by atoms with Crippen LogP contribution in [0, 0.1) is 6.92 Å². The van der Waals surface area contributed by atoms with Gasteiger partial charge < -0.3 is 5.32 Å². The van der Waals surface area contributed by atoms with Crippen molar-refractivity contribution in [3.8, 4) is 0 Å². The van der Waals surface area contributed by atoms with E-state index in [9.17, 15) is 0 Å². The molecular formula is C16H22BrN. The van der Waals surface area contributed by atoms with Crippen molar-refractivity contribution in [1.29, 1.82) is 0 Å². The van der Waals surface area contributed by atoms with Crippen LogP contribution in [0.2, 0.25) is 0 Å². The van der Waals surface area contributed by atoms with E-state index in [1.165, 1.54) is 47.7 Å². The summed E-state index contributed by atoms with van der Waals surface area (Å²) in [6.45, 7) is 2.15. The number of halogens is 1. The molecule has 1 N–H and O–H groups in total. The largest absolute Gasteiger partial charge is 0.310 e. The van der Waals surface area contributed by atoms with Crippen LogP contribution in [0.15, 0.2) is 34.3 Å². The molecule has 2 rings (SSSR count). The van der Waals surface area contributed by atoms with Crippen molar-refractivity contribution >= 4 is 15.9 Å². The Bertz CT molecular complexity index is 437. The number of aryl methyl sites for hydroxylation is 1. The number of hydrogen-bond acceptors (Lipinski definition) is 1. The van der Waals surface area contributed by atoms with Gasteiger partial charge in [0.15, 0.2) is 0 Å². The monoisotopic (exact) mass is 307 g/mol. The third kappa shape index (κ3) is 3.24. The normalized spacial score (nSPS) is 18.1. The quantitative estimate of drug-likeness (QED) is 0.782. The fourth-order valence-electron chi connectivity index (χ4n) is 2.72. The molecule has 0 radical (unpaired) electrons. The molecule has 0 fully saturated rings. The maximum Gasteiger partial charge on any atom is 0.0533 e. The molecule has 1 unspecified atom stereocenters. The summed E-state index contributed by atoms with van der Waals surface area (Å²) in [4.78, 5) is 0. The Balaban J connectivity index is 2.26. The molecule has 1 aromatic rings. The number of rotatable bonds is 3. The fraction of sp³-hybridized carbons (Fsp3) is 0.500. The summed E-state index contributed by atoms with van der Waals surface area (Å²) in [6, 6.07) is 7.06. The average molecular weight is 308 g/mol. The molecule has 1 atom stereocenters. The summed E-state index contributed by atoms with van der Waals surface area (Å²) in [5.74, 6) is 0. The van der Waals surface area contributed by atoms with Crippen LogP contribution in [-0.2, 0) is 0 Å². The molecule has 1 aromatic carbocycles. The third-order valence-corrected chi connectivity index (χ3v) is 4.64. The zero-order valence-electron chi connectivity index (χ0n) is 11.3. The van der Waals surface area contributed by atoms with Crippen LogP contribution in [0.4, 0.5) is 0 Å². The van der Waals surface area contributed by atoms with E-state index >= 15 is 0 Å². The van der Waals surface area contributed by atoms with Crippen LogP contribution in [0.1, 0.15) is 49.3 Å². The van der Waals surface area contributed by atoms with Crippen LogP contribution in [0.5, 0.6) is 0 Å². The Morgan fingerprint density at radius 1 is 1.22 bits per heavy atom. The minimum Gasteiger partial charge on any atom is -0.310 e. The van der Waals surface area contributed by atoms with Gasteiger partial charge in [0.25, 0.3) is 0 Å². The molecule has 98 valence electrons. The van der Waals surface area contributed by atoms with Crippen LogP contribution in [-0.4, -0.2) is 7.05 Å². The number of hydrogen-bond donors (Lipinski definition) is 1. The lowest BCUT2D eigenvalue weighted by Gasteiger charge is -2.21. The maximum atomic E-state index is 3.57. The second-order valence-corrected chi connectivity index (χ2v) is 5.96. The molecule has 18 heavy (non-hydrogen) atoms. The lowest BCUT2D eigenvalue weighted by molar-refractivity contribution is 0.628. The number of allylic oxidation sites excluding steroid dienone is 1. The van der Waals surface area contributed by atoms with Gasteiger partial charge >= 0.3 is 0 Å². The van der Waals surface area contributed by atoms with Gasteiger partial charge in [0.2, 0.25) is 0 Å². The fourth-order valence-corrected chi connectivity index (χ4v) is 2.96. The van der Waals surface area contributed by atoms with Crippen LogP contribution < -0.4 is 5.32 Å². The van der Waals surface area contributed by atoms with Gasteiger partial charge in [-0.3, -0.25) is 0 Å². The molecule has 1 nitrogen and oxygen atoms in total. The average Bonchev–Trinajstić information content (AvgIpc) is 2.64. The molecular weight excluding hydrogens is 286 g/mol. The highest BCUT2D eigenvalue weighted by Crippen LogP contribution is 2.30. The maximum absolute atomic E-state index is 3.57.